The number of aromatic hydroxyl groups is 1. The summed E-state index contributed by atoms with van der Waals surface area (Å²) in [5.41, 5.74) is 1.32. The molecule has 4 nitrogen and oxygen atoms in total. The number of rotatable bonds is 2. The summed E-state index contributed by atoms with van der Waals surface area (Å²) in [5, 5.41) is 9.67. The third kappa shape index (κ3) is 2.06. The van der Waals surface area contributed by atoms with E-state index in [-0.39, 0.29) is 11.8 Å². The second-order valence-corrected chi connectivity index (χ2v) is 3.98. The van der Waals surface area contributed by atoms with Crippen molar-refractivity contribution in [1.29, 1.82) is 0 Å². The molecular formula is C13H14N2O2. The number of aliphatic imine (C=N–C) groups is 1. The lowest BCUT2D eigenvalue weighted by Gasteiger charge is -2.16. The minimum absolute atomic E-state index is 0.187. The average molecular weight is 230 g/mol. The topological polar surface area (TPSA) is 52.9 Å². The molecular weight excluding hydrogens is 216 g/mol. The highest BCUT2D eigenvalue weighted by Crippen LogP contribution is 2.24. The van der Waals surface area contributed by atoms with Gasteiger partial charge in [-0.15, -0.1) is 0 Å². The molecule has 0 bridgehead atoms. The van der Waals surface area contributed by atoms with E-state index < -0.39 is 0 Å². The van der Waals surface area contributed by atoms with Crippen molar-refractivity contribution < 1.29 is 9.90 Å². The number of para-hydroxylation sites is 1. The second kappa shape index (κ2) is 4.41. The fourth-order valence-corrected chi connectivity index (χ4v) is 1.78. The van der Waals surface area contributed by atoms with Crippen LogP contribution >= 0.6 is 0 Å². The zero-order chi connectivity index (χ0) is 12.4. The number of phenolic OH excluding ortho intramolecular Hbond substituents is 1. The molecule has 0 saturated carbocycles. The van der Waals surface area contributed by atoms with Crippen LogP contribution in [0, 0.1) is 0 Å². The van der Waals surface area contributed by atoms with Crippen LogP contribution in [-0.4, -0.2) is 35.2 Å². The highest BCUT2D eigenvalue weighted by molar-refractivity contribution is 5.90. The van der Waals surface area contributed by atoms with Crippen molar-refractivity contribution in [3.8, 4) is 5.75 Å². The number of hydrogen-bond acceptors (Lipinski definition) is 4. The number of nitrogens with zero attached hydrogens (tertiary/aromatic N) is 2. The predicted molar refractivity (Wildman–Crippen MR) is 66.8 cm³/mol. The monoisotopic (exact) mass is 230 g/mol. The lowest BCUT2D eigenvalue weighted by atomic mass is 10.1. The molecule has 1 unspecified atom stereocenters. The van der Waals surface area contributed by atoms with Gasteiger partial charge in [-0.05, 0) is 19.1 Å². The lowest BCUT2D eigenvalue weighted by Crippen LogP contribution is -2.31. The summed E-state index contributed by atoms with van der Waals surface area (Å²) in [4.78, 5) is 17.2. The molecule has 1 aromatic rings. The molecule has 0 amide bonds. The average Bonchev–Trinajstić information content (AvgIpc) is 2.58. The molecule has 1 aliphatic rings. The van der Waals surface area contributed by atoms with Gasteiger partial charge in [-0.25, -0.2) is 4.99 Å². The largest absolute Gasteiger partial charge is 0.507 e. The number of phenols is 1. The van der Waals surface area contributed by atoms with Gasteiger partial charge in [-0.3, -0.25) is 0 Å². The number of aldehydes is 1. The standard InChI is InChI=1S/C13H14N2O2/c1-9-14-11(12(8-16)15(9)2)7-10-5-3-4-6-13(10)17/h3-8,12,17H,1-2H3. The molecule has 17 heavy (non-hydrogen) atoms. The predicted octanol–water partition coefficient (Wildman–Crippen LogP) is 1.66. The molecule has 1 N–H and O–H groups in total. The zero-order valence-corrected chi connectivity index (χ0v) is 9.79. The van der Waals surface area contributed by atoms with Crippen molar-refractivity contribution in [2.24, 2.45) is 4.99 Å². The fourth-order valence-electron chi connectivity index (χ4n) is 1.78. The molecule has 0 fully saturated rings. The molecule has 0 saturated heterocycles. The first-order valence-electron chi connectivity index (χ1n) is 5.36. The molecule has 2 rings (SSSR count). The van der Waals surface area contributed by atoms with Gasteiger partial charge < -0.3 is 14.8 Å². The van der Waals surface area contributed by atoms with Gasteiger partial charge >= 0.3 is 0 Å². The van der Waals surface area contributed by atoms with E-state index >= 15 is 0 Å². The van der Waals surface area contributed by atoms with Gasteiger partial charge in [0.15, 0.2) is 0 Å². The SMILES string of the molecule is CC1=NC(=Cc2ccccc2O)C(C=O)N1C. The molecule has 4 heteroatoms. The first kappa shape index (κ1) is 11.4. The summed E-state index contributed by atoms with van der Waals surface area (Å²) in [6.07, 6.45) is 2.59. The van der Waals surface area contributed by atoms with Crippen LogP contribution in [0.4, 0.5) is 0 Å². The normalized spacial score (nSPS) is 21.8. The highest BCUT2D eigenvalue weighted by Gasteiger charge is 2.26. The van der Waals surface area contributed by atoms with E-state index in [1.165, 1.54) is 0 Å². The molecule has 1 aliphatic heterocycles. The molecule has 1 aromatic carbocycles. The van der Waals surface area contributed by atoms with Crippen molar-refractivity contribution in [2.45, 2.75) is 13.0 Å². The summed E-state index contributed by atoms with van der Waals surface area (Å²) in [6, 6.07) is 6.61. The van der Waals surface area contributed by atoms with Crippen molar-refractivity contribution in [3.63, 3.8) is 0 Å². The minimum atomic E-state index is -0.366. The van der Waals surface area contributed by atoms with Crippen LogP contribution in [-0.2, 0) is 4.79 Å². The lowest BCUT2D eigenvalue weighted by molar-refractivity contribution is -0.109. The van der Waals surface area contributed by atoms with Gasteiger partial charge in [0.1, 0.15) is 23.9 Å². The minimum Gasteiger partial charge on any atom is -0.507 e. The Kier molecular flexibility index (Phi) is 2.95. The van der Waals surface area contributed by atoms with E-state index in [1.54, 1.807) is 29.2 Å². The maximum Gasteiger partial charge on any atom is 0.148 e. The van der Waals surface area contributed by atoms with E-state index in [1.807, 2.05) is 20.0 Å². The van der Waals surface area contributed by atoms with Crippen molar-refractivity contribution >= 4 is 18.2 Å². The van der Waals surface area contributed by atoms with E-state index in [9.17, 15) is 9.90 Å². The Morgan fingerprint density at radius 2 is 2.12 bits per heavy atom. The third-order valence-corrected chi connectivity index (χ3v) is 2.89. The summed E-state index contributed by atoms with van der Waals surface area (Å²) in [7, 11) is 1.82. The highest BCUT2D eigenvalue weighted by atomic mass is 16.3. The Labute approximate surface area is 99.9 Å². The number of benzene rings is 1. The number of likely N-dealkylation sites (N-methyl/N-ethyl adjacent to an activating group) is 1. The van der Waals surface area contributed by atoms with Gasteiger partial charge in [0.25, 0.3) is 0 Å². The van der Waals surface area contributed by atoms with Crippen molar-refractivity contribution in [3.05, 3.63) is 35.5 Å². The van der Waals surface area contributed by atoms with Gasteiger partial charge in [0, 0.05) is 12.6 Å². The first-order valence-corrected chi connectivity index (χ1v) is 5.36. The Bertz CT molecular complexity index is 506. The molecule has 0 aromatic heterocycles. The van der Waals surface area contributed by atoms with Crippen LogP contribution in [0.5, 0.6) is 5.75 Å². The Hall–Kier alpha value is -2.10. The number of carbonyl (C=O) groups is 1. The second-order valence-electron chi connectivity index (χ2n) is 3.98. The maximum absolute atomic E-state index is 11.0. The Morgan fingerprint density at radius 3 is 2.76 bits per heavy atom. The van der Waals surface area contributed by atoms with Crippen LogP contribution in [0.15, 0.2) is 35.0 Å². The van der Waals surface area contributed by atoms with E-state index in [0.29, 0.717) is 11.3 Å². The molecule has 88 valence electrons. The molecule has 1 atom stereocenters. The van der Waals surface area contributed by atoms with Crippen LogP contribution in [0.3, 0.4) is 0 Å². The molecule has 1 heterocycles. The summed E-state index contributed by atoms with van der Waals surface area (Å²) >= 11 is 0. The molecule has 0 aliphatic carbocycles. The molecule has 0 radical (unpaired) electrons. The quantitative estimate of drug-likeness (QED) is 0.786. The number of carbonyl (C=O) groups excluding carboxylic acids is 1. The fraction of sp³-hybridized carbons (Fsp3) is 0.231. The first-order chi connectivity index (χ1) is 8.13. The number of hydrogen-bond donors (Lipinski definition) is 1. The van der Waals surface area contributed by atoms with Gasteiger partial charge in [0.05, 0.1) is 5.70 Å². The Balaban J connectivity index is 2.41. The van der Waals surface area contributed by atoms with Crippen molar-refractivity contribution in [1.82, 2.24) is 4.90 Å². The van der Waals surface area contributed by atoms with Crippen LogP contribution in [0.2, 0.25) is 0 Å². The summed E-state index contributed by atoms with van der Waals surface area (Å²) in [5.74, 6) is 0.982. The third-order valence-electron chi connectivity index (χ3n) is 2.89. The summed E-state index contributed by atoms with van der Waals surface area (Å²) < 4.78 is 0. The van der Waals surface area contributed by atoms with Crippen LogP contribution < -0.4 is 0 Å². The Morgan fingerprint density at radius 1 is 1.41 bits per heavy atom. The van der Waals surface area contributed by atoms with Crippen molar-refractivity contribution in [2.75, 3.05) is 7.05 Å². The van der Waals surface area contributed by atoms with Gasteiger partial charge in [-0.1, -0.05) is 18.2 Å². The smallest absolute Gasteiger partial charge is 0.148 e. The van der Waals surface area contributed by atoms with E-state index in [0.717, 1.165) is 12.1 Å². The number of amidine groups is 1. The molecule has 0 spiro atoms. The summed E-state index contributed by atoms with van der Waals surface area (Å²) in [6.45, 7) is 1.85. The van der Waals surface area contributed by atoms with Gasteiger partial charge in [0.2, 0.25) is 0 Å². The van der Waals surface area contributed by atoms with E-state index in [4.69, 9.17) is 0 Å². The van der Waals surface area contributed by atoms with E-state index in [2.05, 4.69) is 4.99 Å². The van der Waals surface area contributed by atoms with Crippen LogP contribution in [0.25, 0.3) is 6.08 Å². The van der Waals surface area contributed by atoms with Gasteiger partial charge in [-0.2, -0.15) is 0 Å². The van der Waals surface area contributed by atoms with Crippen LogP contribution in [0.1, 0.15) is 12.5 Å². The zero-order valence-electron chi connectivity index (χ0n) is 9.79. The maximum atomic E-state index is 11.0.